The number of rotatable bonds is 7. The number of morpholine rings is 1. The number of H-pyrrole nitrogens is 1. The van der Waals surface area contributed by atoms with Crippen LogP contribution in [-0.2, 0) is 23.1 Å². The first kappa shape index (κ1) is 18.2. The minimum atomic E-state index is -0.455. The van der Waals surface area contributed by atoms with Gasteiger partial charge >= 0.3 is 5.69 Å². The highest BCUT2D eigenvalue weighted by atomic mass is 32.2. The normalized spacial score (nSPS) is 15.9. The number of nitrogens with one attached hydrogen (secondary N) is 2. The molecule has 1 aliphatic rings. The molecule has 0 aromatic carbocycles. The quantitative estimate of drug-likeness (QED) is 0.552. The molecule has 0 radical (unpaired) electrons. The minimum absolute atomic E-state index is 0.408. The summed E-state index contributed by atoms with van der Waals surface area (Å²) in [7, 11) is 3.23. The van der Waals surface area contributed by atoms with Crippen LogP contribution in [0.4, 0.5) is 0 Å². The fourth-order valence-electron chi connectivity index (χ4n) is 2.91. The van der Waals surface area contributed by atoms with Crippen LogP contribution >= 0.6 is 11.8 Å². The van der Waals surface area contributed by atoms with Crippen LogP contribution in [0, 0.1) is 0 Å². The lowest BCUT2D eigenvalue weighted by atomic mass is 10.4. The van der Waals surface area contributed by atoms with Crippen LogP contribution in [0.5, 0.6) is 0 Å². The molecule has 1 fully saturated rings. The van der Waals surface area contributed by atoms with Crippen LogP contribution in [0.1, 0.15) is 0 Å². The monoisotopic (exact) mass is 370 g/mol. The molecule has 0 spiro atoms. The molecule has 3 rings (SSSR count). The first-order valence-corrected chi connectivity index (χ1v) is 9.33. The second-order valence-electron chi connectivity index (χ2n) is 5.99. The van der Waals surface area contributed by atoms with E-state index in [-0.39, 0.29) is 0 Å². The third kappa shape index (κ3) is 3.97. The van der Waals surface area contributed by atoms with Crippen molar-refractivity contribution in [3.05, 3.63) is 20.8 Å². The van der Waals surface area contributed by atoms with Crippen LogP contribution in [0.25, 0.3) is 11.2 Å². The molecule has 0 aliphatic carbocycles. The summed E-state index contributed by atoms with van der Waals surface area (Å²) in [5, 5.41) is 0.742. The second-order valence-corrected chi connectivity index (χ2v) is 7.05. The zero-order chi connectivity index (χ0) is 17.8. The van der Waals surface area contributed by atoms with Gasteiger partial charge in [0, 0.05) is 20.7 Å². The molecule has 25 heavy (non-hydrogen) atoms. The average molecular weight is 370 g/mol. The van der Waals surface area contributed by atoms with Gasteiger partial charge in [-0.2, -0.15) is 0 Å². The average Bonchev–Trinajstić information content (AvgIpc) is 2.98. The summed E-state index contributed by atoms with van der Waals surface area (Å²) in [5.41, 5.74) is -0.0398. The maximum Gasteiger partial charge on any atom is 0.329 e. The predicted octanol–water partition coefficient (Wildman–Crippen LogP) is -1.92. The Kier molecular flexibility index (Phi) is 5.94. The smallest absolute Gasteiger partial charge is 0.329 e. The van der Waals surface area contributed by atoms with Crippen LogP contribution in [0.3, 0.4) is 0 Å². The zero-order valence-electron chi connectivity index (χ0n) is 14.5. The van der Waals surface area contributed by atoms with Gasteiger partial charge < -0.3 is 18.9 Å². The van der Waals surface area contributed by atoms with Gasteiger partial charge in [-0.15, -0.1) is 0 Å². The van der Waals surface area contributed by atoms with E-state index in [0.717, 1.165) is 43.8 Å². The van der Waals surface area contributed by atoms with E-state index >= 15 is 0 Å². The third-order valence-corrected chi connectivity index (χ3v) is 5.36. The van der Waals surface area contributed by atoms with Gasteiger partial charge in [0.1, 0.15) is 13.1 Å². The minimum Gasteiger partial charge on any atom is -0.383 e. The van der Waals surface area contributed by atoms with Gasteiger partial charge in [0.2, 0.25) is 0 Å². The van der Waals surface area contributed by atoms with Gasteiger partial charge in [-0.1, -0.05) is 11.8 Å². The lowest BCUT2D eigenvalue weighted by Crippen LogP contribution is -3.14. The van der Waals surface area contributed by atoms with Gasteiger partial charge in [-0.05, 0) is 0 Å². The number of aryl methyl sites for hydroxylation is 1. The van der Waals surface area contributed by atoms with Gasteiger partial charge in [0.05, 0.1) is 32.1 Å². The molecule has 0 amide bonds. The molecule has 10 heteroatoms. The summed E-state index contributed by atoms with van der Waals surface area (Å²) >= 11 is 1.61. The Bertz CT molecular complexity index is 837. The van der Waals surface area contributed by atoms with Crippen molar-refractivity contribution in [3.8, 4) is 0 Å². The van der Waals surface area contributed by atoms with E-state index in [4.69, 9.17) is 9.47 Å². The molecule has 2 N–H and O–H groups in total. The van der Waals surface area contributed by atoms with Crippen LogP contribution in [0.2, 0.25) is 0 Å². The van der Waals surface area contributed by atoms with Gasteiger partial charge in [0.15, 0.2) is 16.3 Å². The van der Waals surface area contributed by atoms with E-state index in [1.165, 1.54) is 9.47 Å². The molecule has 0 atom stereocenters. The number of hydrogen-bond acceptors (Lipinski definition) is 6. The maximum atomic E-state index is 12.3. The highest BCUT2D eigenvalue weighted by molar-refractivity contribution is 7.99. The number of hydrogen-bond donors (Lipinski definition) is 2. The Hall–Kier alpha value is -1.62. The summed E-state index contributed by atoms with van der Waals surface area (Å²) in [6.07, 6.45) is 0. The predicted molar refractivity (Wildman–Crippen MR) is 94.6 cm³/mol. The van der Waals surface area contributed by atoms with Crippen molar-refractivity contribution in [2.75, 3.05) is 52.3 Å². The number of nitrogens with zero attached hydrogens (tertiary/aromatic N) is 3. The Morgan fingerprint density at radius 3 is 2.84 bits per heavy atom. The van der Waals surface area contributed by atoms with Crippen LogP contribution in [-0.4, -0.2) is 71.4 Å². The number of thioether (sulfide) groups is 1. The molecular formula is C15H24N5O4S+. The van der Waals surface area contributed by atoms with Crippen molar-refractivity contribution < 1.29 is 14.4 Å². The molecule has 0 unspecified atom stereocenters. The largest absolute Gasteiger partial charge is 0.383 e. The lowest BCUT2D eigenvalue weighted by molar-refractivity contribution is -0.905. The Morgan fingerprint density at radius 2 is 2.12 bits per heavy atom. The van der Waals surface area contributed by atoms with Crippen molar-refractivity contribution in [2.45, 2.75) is 11.7 Å². The van der Waals surface area contributed by atoms with Crippen molar-refractivity contribution in [2.24, 2.45) is 7.05 Å². The standard InChI is InChI=1S/C15H23N5O4S/c1-18-12-11(13(21)17-14(18)22)20(5-7-23-2)15(16-12)25-10-6-19-3-8-24-9-4-19/h3-10H2,1-2H3,(H,17,21,22)/p+1. The molecule has 1 aliphatic heterocycles. The van der Waals surface area contributed by atoms with E-state index in [1.54, 1.807) is 25.9 Å². The van der Waals surface area contributed by atoms with Crippen molar-refractivity contribution in [1.29, 1.82) is 0 Å². The van der Waals surface area contributed by atoms with E-state index in [1.807, 2.05) is 4.57 Å². The fraction of sp³-hybridized carbons (Fsp3) is 0.667. The van der Waals surface area contributed by atoms with Crippen molar-refractivity contribution >= 4 is 22.9 Å². The Balaban J connectivity index is 1.85. The zero-order valence-corrected chi connectivity index (χ0v) is 15.4. The molecule has 0 bridgehead atoms. The van der Waals surface area contributed by atoms with Gasteiger partial charge in [-0.25, -0.2) is 9.78 Å². The van der Waals surface area contributed by atoms with Gasteiger partial charge in [0.25, 0.3) is 5.56 Å². The number of fused-ring (bicyclic) bond motifs is 1. The van der Waals surface area contributed by atoms with E-state index in [9.17, 15) is 9.59 Å². The highest BCUT2D eigenvalue weighted by Crippen LogP contribution is 2.20. The van der Waals surface area contributed by atoms with Crippen LogP contribution in [0.15, 0.2) is 14.7 Å². The molecule has 1 saturated heterocycles. The van der Waals surface area contributed by atoms with E-state index < -0.39 is 11.2 Å². The molecular weight excluding hydrogens is 346 g/mol. The van der Waals surface area contributed by atoms with Crippen molar-refractivity contribution in [3.63, 3.8) is 0 Å². The molecule has 0 saturated carbocycles. The number of ether oxygens (including phenoxy) is 2. The van der Waals surface area contributed by atoms with Gasteiger partial charge in [-0.3, -0.25) is 14.3 Å². The second kappa shape index (κ2) is 8.17. The SMILES string of the molecule is COCCn1c(SCC[NH+]2CCOCC2)nc2c1c(=O)[nH]c(=O)n2C. The molecule has 2 aromatic rings. The topological polar surface area (TPSA) is 95.6 Å². The number of aromatic amines is 1. The van der Waals surface area contributed by atoms with E-state index in [0.29, 0.717) is 24.3 Å². The highest BCUT2D eigenvalue weighted by Gasteiger charge is 2.19. The Labute approximate surface area is 148 Å². The fourth-order valence-corrected chi connectivity index (χ4v) is 3.97. The molecule has 2 aromatic heterocycles. The summed E-state index contributed by atoms with van der Waals surface area (Å²) in [6, 6.07) is 0. The first-order valence-electron chi connectivity index (χ1n) is 8.34. The van der Waals surface area contributed by atoms with E-state index in [2.05, 4.69) is 9.97 Å². The van der Waals surface area contributed by atoms with Crippen LogP contribution < -0.4 is 16.1 Å². The summed E-state index contributed by atoms with van der Waals surface area (Å²) in [5.74, 6) is 0.886. The number of quaternary nitrogens is 1. The number of methoxy groups -OCH3 is 1. The maximum absolute atomic E-state index is 12.3. The summed E-state index contributed by atoms with van der Waals surface area (Å²) in [4.78, 5) is 32.5. The molecule has 9 nitrogen and oxygen atoms in total. The third-order valence-electron chi connectivity index (χ3n) is 4.38. The number of aromatic nitrogens is 4. The Morgan fingerprint density at radius 1 is 1.36 bits per heavy atom. The number of imidazole rings is 1. The summed E-state index contributed by atoms with van der Waals surface area (Å²) in [6.45, 7) is 5.66. The molecule has 3 heterocycles. The first-order chi connectivity index (χ1) is 12.1. The summed E-state index contributed by atoms with van der Waals surface area (Å²) < 4.78 is 13.7. The van der Waals surface area contributed by atoms with Crippen molar-refractivity contribution in [1.82, 2.24) is 19.1 Å². The lowest BCUT2D eigenvalue weighted by Gasteiger charge is -2.23. The molecule has 138 valence electrons.